The van der Waals surface area contributed by atoms with Crippen LogP contribution in [0.5, 0.6) is 0 Å². The Kier molecular flexibility index (Phi) is 3.34. The first-order valence-corrected chi connectivity index (χ1v) is 5.92. The van der Waals surface area contributed by atoms with Crippen molar-refractivity contribution in [3.05, 3.63) is 0 Å². The molecule has 100 valence electrons. The molecule has 2 rings (SSSR count). The number of likely N-dealkylation sites (tertiary alicyclic amines) is 1. The first-order valence-electron chi connectivity index (χ1n) is 5.92. The summed E-state index contributed by atoms with van der Waals surface area (Å²) >= 11 is 0. The molecule has 0 saturated carbocycles. The first-order chi connectivity index (χ1) is 8.41. The van der Waals surface area contributed by atoms with Gasteiger partial charge in [0.15, 0.2) is 0 Å². The van der Waals surface area contributed by atoms with E-state index in [1.807, 2.05) is 19.3 Å². The molecule has 2 heterocycles. The lowest BCUT2D eigenvalue weighted by atomic mass is 9.92. The highest BCUT2D eigenvalue weighted by molar-refractivity contribution is 6.18. The fraction of sp³-hybridized carbons (Fsp3) is 0.727. The van der Waals surface area contributed by atoms with Gasteiger partial charge in [-0.3, -0.25) is 19.8 Å². The van der Waals surface area contributed by atoms with Gasteiger partial charge in [-0.2, -0.15) is 0 Å². The maximum atomic E-state index is 13.4. The number of alkyl halides is 1. The topological polar surface area (TPSA) is 69.7 Å². The monoisotopic (exact) mass is 257 g/mol. The zero-order chi connectivity index (χ0) is 13.4. The quantitative estimate of drug-likeness (QED) is 0.657. The molecule has 18 heavy (non-hydrogen) atoms. The third kappa shape index (κ3) is 2.10. The number of carbonyl (C=O) groups is 3. The molecule has 3 unspecified atom stereocenters. The highest BCUT2D eigenvalue weighted by Crippen LogP contribution is 2.24. The van der Waals surface area contributed by atoms with Crippen molar-refractivity contribution in [1.82, 2.24) is 15.1 Å². The predicted molar refractivity (Wildman–Crippen MR) is 60.3 cm³/mol. The number of piperidine rings is 1. The van der Waals surface area contributed by atoms with Crippen LogP contribution in [0.2, 0.25) is 0 Å². The summed E-state index contributed by atoms with van der Waals surface area (Å²) in [7, 11) is 1.95. The maximum Gasteiger partial charge on any atom is 0.331 e. The van der Waals surface area contributed by atoms with Crippen molar-refractivity contribution in [2.24, 2.45) is 5.92 Å². The highest BCUT2D eigenvalue weighted by Gasteiger charge is 2.46. The molecule has 2 fully saturated rings. The van der Waals surface area contributed by atoms with Crippen molar-refractivity contribution in [3.63, 3.8) is 0 Å². The van der Waals surface area contributed by atoms with Gasteiger partial charge in [-0.1, -0.05) is 6.92 Å². The molecule has 2 aliphatic heterocycles. The van der Waals surface area contributed by atoms with E-state index in [4.69, 9.17) is 0 Å². The summed E-state index contributed by atoms with van der Waals surface area (Å²) in [5, 5.41) is 1.88. The number of hydrogen-bond acceptors (Lipinski definition) is 4. The van der Waals surface area contributed by atoms with Crippen LogP contribution in [0.1, 0.15) is 13.3 Å². The number of barbiturate groups is 1. The van der Waals surface area contributed by atoms with E-state index in [0.717, 1.165) is 18.0 Å². The fourth-order valence-electron chi connectivity index (χ4n) is 2.60. The standard InChI is InChI=1S/C11H16FN3O3/c1-6-5-14(2)4-3-7(6)15-10(17)8(12)9(16)13-11(15)18/h6-8H,3-5H2,1-2H3,(H,13,16,18). The lowest BCUT2D eigenvalue weighted by Gasteiger charge is -2.41. The van der Waals surface area contributed by atoms with E-state index < -0.39 is 24.0 Å². The molecule has 2 aliphatic rings. The van der Waals surface area contributed by atoms with Crippen LogP contribution in [0.4, 0.5) is 9.18 Å². The lowest BCUT2D eigenvalue weighted by molar-refractivity contribution is -0.146. The lowest BCUT2D eigenvalue weighted by Crippen LogP contribution is -2.64. The van der Waals surface area contributed by atoms with Gasteiger partial charge in [0, 0.05) is 12.6 Å². The Balaban J connectivity index is 2.18. The molecule has 1 N–H and O–H groups in total. The van der Waals surface area contributed by atoms with Gasteiger partial charge in [-0.05, 0) is 25.9 Å². The van der Waals surface area contributed by atoms with Crippen LogP contribution in [-0.4, -0.2) is 60.0 Å². The highest BCUT2D eigenvalue weighted by atomic mass is 19.1. The van der Waals surface area contributed by atoms with Gasteiger partial charge < -0.3 is 4.90 Å². The van der Waals surface area contributed by atoms with Crippen LogP contribution >= 0.6 is 0 Å². The molecule has 6 nitrogen and oxygen atoms in total. The number of carbonyl (C=O) groups excluding carboxylic acids is 3. The third-order valence-electron chi connectivity index (χ3n) is 3.53. The largest absolute Gasteiger partial charge is 0.331 e. The van der Waals surface area contributed by atoms with E-state index in [9.17, 15) is 18.8 Å². The van der Waals surface area contributed by atoms with E-state index in [2.05, 4.69) is 4.90 Å². The summed E-state index contributed by atoms with van der Waals surface area (Å²) in [6.07, 6.45) is -1.67. The zero-order valence-corrected chi connectivity index (χ0v) is 10.4. The van der Waals surface area contributed by atoms with Crippen LogP contribution in [0, 0.1) is 5.92 Å². The average Bonchev–Trinajstić information content (AvgIpc) is 2.29. The summed E-state index contributed by atoms with van der Waals surface area (Å²) in [4.78, 5) is 37.4. The minimum atomic E-state index is -2.27. The minimum absolute atomic E-state index is 0.0545. The molecule has 0 spiro atoms. The van der Waals surface area contributed by atoms with Gasteiger partial charge in [-0.15, -0.1) is 0 Å². The Morgan fingerprint density at radius 2 is 2.00 bits per heavy atom. The zero-order valence-electron chi connectivity index (χ0n) is 10.4. The van der Waals surface area contributed by atoms with Crippen LogP contribution in [0.3, 0.4) is 0 Å². The normalized spacial score (nSPS) is 34.7. The Labute approximate surface area is 104 Å². The molecule has 4 amide bonds. The Bertz CT molecular complexity index is 401. The second kappa shape index (κ2) is 4.64. The molecule has 0 bridgehead atoms. The van der Waals surface area contributed by atoms with E-state index >= 15 is 0 Å². The maximum absolute atomic E-state index is 13.4. The van der Waals surface area contributed by atoms with Crippen molar-refractivity contribution in [3.8, 4) is 0 Å². The molecule has 3 atom stereocenters. The van der Waals surface area contributed by atoms with Crippen molar-refractivity contribution in [1.29, 1.82) is 0 Å². The molecule has 0 aliphatic carbocycles. The molecule has 7 heteroatoms. The van der Waals surface area contributed by atoms with Gasteiger partial charge in [0.25, 0.3) is 18.0 Å². The first kappa shape index (κ1) is 12.9. The second-order valence-corrected chi connectivity index (χ2v) is 4.96. The summed E-state index contributed by atoms with van der Waals surface area (Å²) in [5.41, 5.74) is 0. The molecular formula is C11H16FN3O3. The third-order valence-corrected chi connectivity index (χ3v) is 3.53. The number of nitrogens with zero attached hydrogens (tertiary/aromatic N) is 2. The van der Waals surface area contributed by atoms with Crippen LogP contribution in [-0.2, 0) is 9.59 Å². The van der Waals surface area contributed by atoms with Crippen LogP contribution in [0.15, 0.2) is 0 Å². The van der Waals surface area contributed by atoms with Gasteiger partial charge in [-0.25, -0.2) is 9.18 Å². The Morgan fingerprint density at radius 1 is 1.33 bits per heavy atom. The number of rotatable bonds is 1. The summed E-state index contributed by atoms with van der Waals surface area (Å²) < 4.78 is 13.4. The molecule has 0 radical (unpaired) electrons. The Hall–Kier alpha value is -1.50. The number of amides is 4. The molecule has 2 saturated heterocycles. The van der Waals surface area contributed by atoms with E-state index in [1.54, 1.807) is 0 Å². The summed E-state index contributed by atoms with van der Waals surface area (Å²) in [6, 6.07) is -1.15. The van der Waals surface area contributed by atoms with Gasteiger partial charge >= 0.3 is 6.03 Å². The average molecular weight is 257 g/mol. The summed E-state index contributed by atoms with van der Waals surface area (Å²) in [5.74, 6) is -2.15. The van der Waals surface area contributed by atoms with Crippen molar-refractivity contribution in [2.75, 3.05) is 20.1 Å². The van der Waals surface area contributed by atoms with Crippen molar-refractivity contribution >= 4 is 17.8 Å². The number of hydrogen-bond donors (Lipinski definition) is 1. The Morgan fingerprint density at radius 3 is 2.61 bits per heavy atom. The summed E-state index contributed by atoms with van der Waals surface area (Å²) in [6.45, 7) is 3.37. The SMILES string of the molecule is CC1CN(C)CCC1N1C(=O)NC(=O)C(F)C1=O. The van der Waals surface area contributed by atoms with Crippen molar-refractivity contribution < 1.29 is 18.8 Å². The molecular weight excluding hydrogens is 241 g/mol. The molecule has 0 aromatic heterocycles. The number of urea groups is 1. The number of nitrogens with one attached hydrogen (secondary N) is 1. The van der Waals surface area contributed by atoms with Crippen LogP contribution < -0.4 is 5.32 Å². The van der Waals surface area contributed by atoms with Crippen LogP contribution in [0.25, 0.3) is 0 Å². The van der Waals surface area contributed by atoms with Gasteiger partial charge in [0.1, 0.15) is 0 Å². The predicted octanol–water partition coefficient (Wildman–Crippen LogP) is -0.257. The van der Waals surface area contributed by atoms with E-state index in [0.29, 0.717) is 6.42 Å². The molecule has 0 aromatic rings. The van der Waals surface area contributed by atoms with E-state index in [1.165, 1.54) is 0 Å². The second-order valence-electron chi connectivity index (χ2n) is 4.96. The van der Waals surface area contributed by atoms with Gasteiger partial charge in [0.05, 0.1) is 0 Å². The fourth-order valence-corrected chi connectivity index (χ4v) is 2.60. The van der Waals surface area contributed by atoms with Gasteiger partial charge in [0.2, 0.25) is 0 Å². The molecule has 0 aromatic carbocycles. The smallest absolute Gasteiger partial charge is 0.306 e. The number of halogens is 1. The number of imide groups is 2. The van der Waals surface area contributed by atoms with E-state index in [-0.39, 0.29) is 12.0 Å². The van der Waals surface area contributed by atoms with Crippen molar-refractivity contribution in [2.45, 2.75) is 25.6 Å². The minimum Gasteiger partial charge on any atom is -0.306 e.